The lowest BCUT2D eigenvalue weighted by Gasteiger charge is -2.24. The van der Waals surface area contributed by atoms with Crippen LogP contribution in [0.25, 0.3) is 0 Å². The number of anilines is 1. The molecule has 104 valence electrons. The average Bonchev–Trinajstić information content (AvgIpc) is 2.46. The van der Waals surface area contributed by atoms with Crippen LogP contribution in [0.5, 0.6) is 0 Å². The van der Waals surface area contributed by atoms with Gasteiger partial charge in [-0.3, -0.25) is 4.79 Å². The van der Waals surface area contributed by atoms with Crippen LogP contribution in [0.15, 0.2) is 48.5 Å². The minimum absolute atomic E-state index is 0.0467. The summed E-state index contributed by atoms with van der Waals surface area (Å²) in [6, 6.07) is 15.3. The van der Waals surface area contributed by atoms with Gasteiger partial charge in [0.15, 0.2) is 0 Å². The fourth-order valence-electron chi connectivity index (χ4n) is 2.07. The summed E-state index contributed by atoms with van der Waals surface area (Å²) in [4.78, 5) is 13.8. The van der Waals surface area contributed by atoms with Crippen LogP contribution >= 0.6 is 23.2 Å². The van der Waals surface area contributed by atoms with Crippen molar-refractivity contribution in [2.75, 3.05) is 10.8 Å². The molecule has 0 radical (unpaired) electrons. The number of carbonyl (C=O) groups excluding carboxylic acids is 1. The van der Waals surface area contributed by atoms with Gasteiger partial charge in [-0.25, -0.2) is 0 Å². The van der Waals surface area contributed by atoms with Crippen LogP contribution in [0.2, 0.25) is 5.02 Å². The van der Waals surface area contributed by atoms with Crippen LogP contribution in [0.3, 0.4) is 0 Å². The Morgan fingerprint density at radius 2 is 1.85 bits per heavy atom. The lowest BCUT2D eigenvalue weighted by molar-refractivity contribution is -0.116. The van der Waals surface area contributed by atoms with Gasteiger partial charge in [0.1, 0.15) is 5.88 Å². The van der Waals surface area contributed by atoms with Crippen LogP contribution in [0.1, 0.15) is 11.1 Å². The highest BCUT2D eigenvalue weighted by atomic mass is 35.5. The molecule has 0 heterocycles. The van der Waals surface area contributed by atoms with E-state index in [1.54, 1.807) is 11.0 Å². The molecule has 0 spiro atoms. The predicted octanol–water partition coefficient (Wildman–Crippen LogP) is 4.42. The molecule has 0 N–H and O–H groups in total. The quantitative estimate of drug-likeness (QED) is 0.766. The van der Waals surface area contributed by atoms with E-state index in [-0.39, 0.29) is 11.8 Å². The van der Waals surface area contributed by atoms with Crippen molar-refractivity contribution in [2.24, 2.45) is 0 Å². The molecule has 2 rings (SSSR count). The summed E-state index contributed by atoms with van der Waals surface area (Å²) in [5.41, 5.74) is 2.84. The molecule has 0 bridgehead atoms. The molecular weight excluding hydrogens is 293 g/mol. The molecule has 0 aromatic heterocycles. The lowest BCUT2D eigenvalue weighted by atomic mass is 10.1. The van der Waals surface area contributed by atoms with Gasteiger partial charge in [0.2, 0.25) is 5.91 Å². The van der Waals surface area contributed by atoms with E-state index in [0.717, 1.165) is 16.8 Å². The first kappa shape index (κ1) is 14.9. The summed E-state index contributed by atoms with van der Waals surface area (Å²) in [7, 11) is 0. The molecule has 0 aliphatic heterocycles. The topological polar surface area (TPSA) is 20.3 Å². The normalized spacial score (nSPS) is 10.3. The van der Waals surface area contributed by atoms with E-state index in [0.29, 0.717) is 11.6 Å². The van der Waals surface area contributed by atoms with Crippen molar-refractivity contribution >= 4 is 34.8 Å². The second-order valence-electron chi connectivity index (χ2n) is 4.53. The zero-order valence-corrected chi connectivity index (χ0v) is 12.7. The lowest BCUT2D eigenvalue weighted by Crippen LogP contribution is -2.31. The molecule has 0 unspecified atom stereocenters. The molecule has 2 aromatic carbocycles. The van der Waals surface area contributed by atoms with Crippen LogP contribution in [-0.2, 0) is 11.3 Å². The smallest absolute Gasteiger partial charge is 0.242 e. The van der Waals surface area contributed by atoms with Gasteiger partial charge in [-0.2, -0.15) is 0 Å². The Morgan fingerprint density at radius 3 is 2.45 bits per heavy atom. The maximum absolute atomic E-state index is 12.1. The Bertz CT molecular complexity index is 599. The Labute approximate surface area is 128 Å². The summed E-state index contributed by atoms with van der Waals surface area (Å²) in [6.45, 7) is 2.43. The van der Waals surface area contributed by atoms with E-state index < -0.39 is 0 Å². The monoisotopic (exact) mass is 307 g/mol. The van der Waals surface area contributed by atoms with Crippen molar-refractivity contribution < 1.29 is 4.79 Å². The number of hydrogen-bond donors (Lipinski definition) is 0. The second-order valence-corrected chi connectivity index (χ2v) is 5.23. The van der Waals surface area contributed by atoms with Gasteiger partial charge in [-0.05, 0) is 36.2 Å². The largest absolute Gasteiger partial charge is 0.307 e. The third kappa shape index (κ3) is 3.53. The van der Waals surface area contributed by atoms with Gasteiger partial charge in [-0.15, -0.1) is 11.6 Å². The fourth-order valence-corrected chi connectivity index (χ4v) is 2.44. The Kier molecular flexibility index (Phi) is 5.05. The maximum Gasteiger partial charge on any atom is 0.242 e. The van der Waals surface area contributed by atoms with E-state index in [1.165, 1.54) is 0 Å². The number of alkyl halides is 1. The average molecular weight is 308 g/mol. The van der Waals surface area contributed by atoms with Gasteiger partial charge in [-0.1, -0.05) is 41.9 Å². The molecule has 0 aliphatic carbocycles. The summed E-state index contributed by atoms with van der Waals surface area (Å²) in [5.74, 6) is -0.171. The number of carbonyl (C=O) groups is 1. The van der Waals surface area contributed by atoms with Crippen molar-refractivity contribution in [1.29, 1.82) is 0 Å². The number of halogens is 2. The van der Waals surface area contributed by atoms with Gasteiger partial charge in [0, 0.05) is 10.7 Å². The van der Waals surface area contributed by atoms with Crippen LogP contribution in [0, 0.1) is 6.92 Å². The van der Waals surface area contributed by atoms with E-state index in [9.17, 15) is 4.79 Å². The van der Waals surface area contributed by atoms with Crippen LogP contribution in [-0.4, -0.2) is 11.8 Å². The van der Waals surface area contributed by atoms with Crippen molar-refractivity contribution in [3.05, 3.63) is 64.7 Å². The first-order valence-electron chi connectivity index (χ1n) is 6.28. The zero-order chi connectivity index (χ0) is 14.5. The first-order chi connectivity index (χ1) is 9.61. The summed E-state index contributed by atoms with van der Waals surface area (Å²) in [5, 5.41) is 0.657. The first-order valence-corrected chi connectivity index (χ1v) is 7.19. The van der Waals surface area contributed by atoms with Crippen LogP contribution < -0.4 is 4.90 Å². The number of benzene rings is 2. The van der Waals surface area contributed by atoms with Crippen LogP contribution in [0.4, 0.5) is 5.69 Å². The molecule has 4 heteroatoms. The van der Waals surface area contributed by atoms with E-state index in [1.807, 2.05) is 49.4 Å². The highest BCUT2D eigenvalue weighted by Gasteiger charge is 2.17. The van der Waals surface area contributed by atoms with Gasteiger partial charge in [0.05, 0.1) is 6.54 Å². The van der Waals surface area contributed by atoms with Crippen molar-refractivity contribution in [3.8, 4) is 0 Å². The standard InChI is InChI=1S/C16H15Cl2NO/c1-12-9-14(18)7-8-15(12)19(16(20)10-17)11-13-5-3-2-4-6-13/h2-9H,10-11H2,1H3. The van der Waals surface area contributed by atoms with Crippen molar-refractivity contribution in [3.63, 3.8) is 0 Å². The summed E-state index contributed by atoms with van der Waals surface area (Å²) < 4.78 is 0. The Morgan fingerprint density at radius 1 is 1.15 bits per heavy atom. The fraction of sp³-hybridized carbons (Fsp3) is 0.188. The molecule has 2 aromatic rings. The maximum atomic E-state index is 12.1. The zero-order valence-electron chi connectivity index (χ0n) is 11.1. The van der Waals surface area contributed by atoms with Crippen molar-refractivity contribution in [1.82, 2.24) is 0 Å². The molecule has 0 fully saturated rings. The molecule has 0 aliphatic rings. The van der Waals surface area contributed by atoms with Crippen molar-refractivity contribution in [2.45, 2.75) is 13.5 Å². The second kappa shape index (κ2) is 6.78. The highest BCUT2D eigenvalue weighted by molar-refractivity contribution is 6.31. The predicted molar refractivity (Wildman–Crippen MR) is 84.5 cm³/mol. The van der Waals surface area contributed by atoms with E-state index >= 15 is 0 Å². The number of nitrogens with zero attached hydrogens (tertiary/aromatic N) is 1. The highest BCUT2D eigenvalue weighted by Crippen LogP contribution is 2.25. The molecule has 0 saturated carbocycles. The third-order valence-electron chi connectivity index (χ3n) is 3.05. The summed E-state index contributed by atoms with van der Waals surface area (Å²) in [6.07, 6.45) is 0. The van der Waals surface area contributed by atoms with Gasteiger partial charge < -0.3 is 4.90 Å². The molecule has 0 atom stereocenters. The van der Waals surface area contributed by atoms with Gasteiger partial charge in [0.25, 0.3) is 0 Å². The molecule has 1 amide bonds. The van der Waals surface area contributed by atoms with Gasteiger partial charge >= 0.3 is 0 Å². The SMILES string of the molecule is Cc1cc(Cl)ccc1N(Cc1ccccc1)C(=O)CCl. The Hall–Kier alpha value is -1.51. The summed E-state index contributed by atoms with van der Waals surface area (Å²) >= 11 is 11.7. The minimum atomic E-state index is -0.124. The number of amides is 1. The third-order valence-corrected chi connectivity index (χ3v) is 3.51. The number of hydrogen-bond acceptors (Lipinski definition) is 1. The molecule has 0 saturated heterocycles. The Balaban J connectivity index is 2.35. The number of rotatable bonds is 4. The van der Waals surface area contributed by atoms with E-state index in [2.05, 4.69) is 0 Å². The minimum Gasteiger partial charge on any atom is -0.307 e. The van der Waals surface area contributed by atoms with E-state index in [4.69, 9.17) is 23.2 Å². The number of aryl methyl sites for hydroxylation is 1. The molecule has 20 heavy (non-hydrogen) atoms. The molecular formula is C16H15Cl2NO. The molecule has 2 nitrogen and oxygen atoms in total.